The SMILES string of the molecule is C=C1C[C@@H]2CC[C@@]34CC5O[C@H]6[C@@H](O3)[C@H]3OC(CC[C@@H]3O[C@H]6[C@H]5O4)CC(=O)C[C@H]3[C@H](CC4O[C@@H](CCC1O2)C[C@@H](C)C4=C)OC(C[C@@H](CC)O[Si](C)(C)C(C)(C)C)[C@@H]3C. The molecule has 5 unspecified atom stereocenters. The Balaban J connectivity index is 0.972. The van der Waals surface area contributed by atoms with Crippen molar-refractivity contribution in [3.8, 4) is 0 Å². The highest BCUT2D eigenvalue weighted by Gasteiger charge is 2.68. The van der Waals surface area contributed by atoms with E-state index in [1.807, 2.05) is 0 Å². The van der Waals surface area contributed by atoms with E-state index in [2.05, 4.69) is 67.8 Å². The van der Waals surface area contributed by atoms with Crippen molar-refractivity contribution in [1.82, 2.24) is 0 Å². The van der Waals surface area contributed by atoms with Crippen molar-refractivity contribution in [1.29, 1.82) is 0 Å². The average Bonchev–Trinajstić information content (AvgIpc) is 3.82. The Labute approximate surface area is 349 Å². The summed E-state index contributed by atoms with van der Waals surface area (Å²) in [5.41, 5.74) is 2.32. The van der Waals surface area contributed by atoms with Crippen LogP contribution in [-0.2, 0) is 47.1 Å². The van der Waals surface area contributed by atoms with Crippen LogP contribution < -0.4 is 0 Å². The minimum Gasteiger partial charge on any atom is -0.414 e. The van der Waals surface area contributed by atoms with Gasteiger partial charge in [0.15, 0.2) is 14.1 Å². The van der Waals surface area contributed by atoms with Crippen molar-refractivity contribution >= 4 is 14.1 Å². The average molecular weight is 827 g/mol. The molecule has 10 rings (SSSR count). The Morgan fingerprint density at radius 2 is 1.47 bits per heavy atom. The zero-order valence-corrected chi connectivity index (χ0v) is 37.8. The molecule has 0 radical (unpaired) electrons. The highest BCUT2D eigenvalue weighted by molar-refractivity contribution is 6.74. The smallest absolute Gasteiger partial charge is 0.192 e. The van der Waals surface area contributed by atoms with Gasteiger partial charge in [0.2, 0.25) is 0 Å². The first-order valence-electron chi connectivity index (χ1n) is 23.3. The van der Waals surface area contributed by atoms with E-state index in [9.17, 15) is 4.79 Å². The summed E-state index contributed by atoms with van der Waals surface area (Å²) >= 11 is 0. The molecule has 58 heavy (non-hydrogen) atoms. The molecule has 0 aliphatic carbocycles. The van der Waals surface area contributed by atoms with Gasteiger partial charge in [0, 0.05) is 38.2 Å². The number of hydrogen-bond acceptors (Lipinski definition) is 10. The molecule has 10 nitrogen and oxygen atoms in total. The van der Waals surface area contributed by atoms with Crippen LogP contribution in [0.25, 0.3) is 0 Å². The lowest BCUT2D eigenvalue weighted by atomic mass is 9.78. The summed E-state index contributed by atoms with van der Waals surface area (Å²) in [6, 6.07) is 0. The van der Waals surface area contributed by atoms with Gasteiger partial charge in [0.25, 0.3) is 0 Å². The van der Waals surface area contributed by atoms with Gasteiger partial charge < -0.3 is 42.3 Å². The van der Waals surface area contributed by atoms with Gasteiger partial charge in [0.1, 0.15) is 36.3 Å². The quantitative estimate of drug-likeness (QED) is 0.198. The first-order chi connectivity index (χ1) is 27.5. The molecule has 1 spiro atoms. The van der Waals surface area contributed by atoms with Gasteiger partial charge in [-0.2, -0.15) is 0 Å². The first-order valence-corrected chi connectivity index (χ1v) is 26.2. The van der Waals surface area contributed by atoms with Crippen LogP contribution in [0.2, 0.25) is 18.1 Å². The summed E-state index contributed by atoms with van der Waals surface area (Å²) in [5, 5.41) is 0.123. The van der Waals surface area contributed by atoms with E-state index in [1.54, 1.807) is 0 Å². The van der Waals surface area contributed by atoms with E-state index in [1.165, 1.54) is 5.57 Å². The molecule has 326 valence electrons. The number of carbonyl (C=O) groups excluding carboxylic acids is 1. The van der Waals surface area contributed by atoms with E-state index in [0.29, 0.717) is 31.6 Å². The Morgan fingerprint density at radius 1 is 0.759 bits per heavy atom. The van der Waals surface area contributed by atoms with Crippen molar-refractivity contribution < 1.29 is 47.1 Å². The zero-order chi connectivity index (χ0) is 40.9. The van der Waals surface area contributed by atoms with Gasteiger partial charge in [-0.25, -0.2) is 0 Å². The molecule has 0 aromatic carbocycles. The normalized spacial score (nSPS) is 48.8. The molecule has 10 saturated heterocycles. The molecule has 10 aliphatic heterocycles. The van der Waals surface area contributed by atoms with Crippen LogP contribution in [-0.4, -0.2) is 111 Å². The second-order valence-corrected chi connectivity index (χ2v) is 26.4. The summed E-state index contributed by atoms with van der Waals surface area (Å²) in [6.07, 6.45) is 9.35. The van der Waals surface area contributed by atoms with Crippen LogP contribution in [0.4, 0.5) is 0 Å². The molecule has 10 heterocycles. The minimum absolute atomic E-state index is 0.00187. The maximum absolute atomic E-state index is 14.3. The number of hydrogen-bond donors (Lipinski definition) is 0. The molecule has 12 bridgehead atoms. The maximum Gasteiger partial charge on any atom is 0.192 e. The van der Waals surface area contributed by atoms with E-state index >= 15 is 0 Å². The van der Waals surface area contributed by atoms with Crippen molar-refractivity contribution in [2.24, 2.45) is 17.8 Å². The summed E-state index contributed by atoms with van der Waals surface area (Å²) in [4.78, 5) is 14.3. The number of fused-ring (bicyclic) bond motifs is 6. The molecule has 0 N–H and O–H groups in total. The maximum atomic E-state index is 14.3. The molecule has 11 heteroatoms. The molecule has 0 aromatic heterocycles. The summed E-state index contributed by atoms with van der Waals surface area (Å²) < 4.78 is 62.0. The Morgan fingerprint density at radius 3 is 2.24 bits per heavy atom. The van der Waals surface area contributed by atoms with E-state index in [0.717, 1.165) is 69.8 Å². The fraction of sp³-hybridized carbons (Fsp3) is 0.894. The lowest BCUT2D eigenvalue weighted by Crippen LogP contribution is -2.61. The summed E-state index contributed by atoms with van der Waals surface area (Å²) in [5.74, 6) is 0.0738. The minimum atomic E-state index is -1.99. The standard InChI is InChI=1S/C47H74O10Si/c1-11-30(57-58(9,10)46(6,7)8)22-37-28(5)34-21-29(48)20-32-13-15-36-41(51-32)45-44-43(53-36)42-40(54-44)24-47(55-42,56-45)17-16-33-19-26(3)35(49-33)14-12-31-18-25(2)27(4)38(50-31)23-39(34)52-37/h25,28,30-45H,3-4,11-24H2,1-2,5-10H3/t25-,28-,30-,31+,32?,33+,34-,35?,36+,37?,38?,39+,40?,41+,42+,43+,44-,45+,47+/m1/s1. The van der Waals surface area contributed by atoms with Gasteiger partial charge in [-0.05, 0) is 105 Å². The van der Waals surface area contributed by atoms with Gasteiger partial charge in [0.05, 0.1) is 54.9 Å². The second kappa shape index (κ2) is 16.0. The topological polar surface area (TPSA) is 100 Å². The largest absolute Gasteiger partial charge is 0.414 e. The van der Waals surface area contributed by atoms with E-state index < -0.39 is 14.1 Å². The van der Waals surface area contributed by atoms with Crippen molar-refractivity contribution in [2.75, 3.05) is 0 Å². The number of Topliss-reactive ketones (excluding diaryl/α,β-unsaturated/α-hetero) is 1. The first kappa shape index (κ1) is 42.3. The van der Waals surface area contributed by atoms with Crippen LogP contribution >= 0.6 is 0 Å². The van der Waals surface area contributed by atoms with Gasteiger partial charge >= 0.3 is 0 Å². The Hall–Kier alpha value is -0.993. The summed E-state index contributed by atoms with van der Waals surface area (Å²) in [6.45, 7) is 27.5. The lowest BCUT2D eigenvalue weighted by Gasteiger charge is -2.47. The van der Waals surface area contributed by atoms with E-state index in [4.69, 9.17) is 42.3 Å². The predicted molar refractivity (Wildman–Crippen MR) is 222 cm³/mol. The molecule has 0 saturated carbocycles. The third-order valence-corrected chi connectivity index (χ3v) is 21.2. The van der Waals surface area contributed by atoms with Gasteiger partial charge in [-0.15, -0.1) is 0 Å². The van der Waals surface area contributed by atoms with Crippen LogP contribution in [0.1, 0.15) is 131 Å². The van der Waals surface area contributed by atoms with Crippen LogP contribution in [0.15, 0.2) is 24.3 Å². The third-order valence-electron chi connectivity index (χ3n) is 16.6. The van der Waals surface area contributed by atoms with Crippen molar-refractivity contribution in [3.05, 3.63) is 24.3 Å². The third kappa shape index (κ3) is 7.96. The molecular weight excluding hydrogens is 753 g/mol. The van der Waals surface area contributed by atoms with Gasteiger partial charge in [-0.3, -0.25) is 4.79 Å². The van der Waals surface area contributed by atoms with Gasteiger partial charge in [-0.1, -0.05) is 54.7 Å². The summed E-state index contributed by atoms with van der Waals surface area (Å²) in [7, 11) is -1.99. The number of ketones is 1. The molecule has 19 atom stereocenters. The lowest BCUT2D eigenvalue weighted by molar-refractivity contribution is -0.292. The predicted octanol–water partition coefficient (Wildman–Crippen LogP) is 8.54. The number of ether oxygens (including phenoxy) is 8. The Bertz CT molecular complexity index is 1560. The molecule has 10 fully saturated rings. The number of carbonyl (C=O) groups is 1. The highest BCUT2D eigenvalue weighted by Crippen LogP contribution is 2.54. The number of rotatable bonds is 5. The van der Waals surface area contributed by atoms with Crippen LogP contribution in [0.3, 0.4) is 0 Å². The molecule has 0 aromatic rings. The zero-order valence-electron chi connectivity index (χ0n) is 36.8. The highest BCUT2D eigenvalue weighted by atomic mass is 28.4. The van der Waals surface area contributed by atoms with E-state index in [-0.39, 0.29) is 114 Å². The Kier molecular flexibility index (Phi) is 11.7. The van der Waals surface area contributed by atoms with Crippen molar-refractivity contribution in [3.63, 3.8) is 0 Å². The van der Waals surface area contributed by atoms with Crippen LogP contribution in [0.5, 0.6) is 0 Å². The second-order valence-electron chi connectivity index (χ2n) is 21.6. The van der Waals surface area contributed by atoms with Crippen molar-refractivity contribution in [2.45, 2.75) is 247 Å². The molecular formula is C47H74O10Si. The fourth-order valence-electron chi connectivity index (χ4n) is 12.1. The fourth-order valence-corrected chi connectivity index (χ4v) is 13.5. The molecule has 10 aliphatic rings. The van der Waals surface area contributed by atoms with Crippen LogP contribution in [0, 0.1) is 17.8 Å². The monoisotopic (exact) mass is 827 g/mol. The molecule has 0 amide bonds.